The number of carbonyl (C=O) groups excluding carboxylic acids is 1. The van der Waals surface area contributed by atoms with E-state index in [-0.39, 0.29) is 5.91 Å². The van der Waals surface area contributed by atoms with Crippen LogP contribution in [0.15, 0.2) is 53.7 Å². The van der Waals surface area contributed by atoms with Crippen LogP contribution in [0.5, 0.6) is 5.75 Å². The zero-order valence-electron chi connectivity index (χ0n) is 14.6. The molecular formula is C19H17Cl2N3O2S. The fourth-order valence-electron chi connectivity index (χ4n) is 2.90. The van der Waals surface area contributed by atoms with Gasteiger partial charge in [0.2, 0.25) is 0 Å². The number of amides is 1. The lowest BCUT2D eigenvalue weighted by molar-refractivity contribution is -0.113. The minimum absolute atomic E-state index is 0.302. The Morgan fingerprint density at radius 2 is 1.85 bits per heavy atom. The summed E-state index contributed by atoms with van der Waals surface area (Å²) in [5.74, 6) is 0.342. The Balaban J connectivity index is 2.00. The van der Waals surface area contributed by atoms with E-state index < -0.39 is 6.04 Å². The van der Waals surface area contributed by atoms with Crippen molar-refractivity contribution >= 4 is 52.1 Å². The van der Waals surface area contributed by atoms with Crippen molar-refractivity contribution in [3.05, 3.63) is 69.3 Å². The van der Waals surface area contributed by atoms with Gasteiger partial charge in [-0.25, -0.2) is 0 Å². The van der Waals surface area contributed by atoms with Gasteiger partial charge in [0.15, 0.2) is 5.11 Å². The number of allylic oxidation sites excluding steroid dienone is 1. The number of ether oxygens (including phenoxy) is 1. The summed E-state index contributed by atoms with van der Waals surface area (Å²) in [5, 5.41) is 10.3. The lowest BCUT2D eigenvalue weighted by Crippen LogP contribution is -2.46. The smallest absolute Gasteiger partial charge is 0.255 e. The van der Waals surface area contributed by atoms with E-state index in [1.807, 2.05) is 0 Å². The van der Waals surface area contributed by atoms with Crippen LogP contribution in [0.3, 0.4) is 0 Å². The van der Waals surface area contributed by atoms with Crippen LogP contribution in [0.4, 0.5) is 5.69 Å². The third kappa shape index (κ3) is 4.18. The van der Waals surface area contributed by atoms with Crippen molar-refractivity contribution in [2.24, 2.45) is 0 Å². The van der Waals surface area contributed by atoms with E-state index in [0.29, 0.717) is 43.4 Å². The molecule has 0 fully saturated rings. The van der Waals surface area contributed by atoms with Crippen molar-refractivity contribution in [2.75, 3.05) is 12.4 Å². The predicted octanol–water partition coefficient (Wildman–Crippen LogP) is 4.43. The van der Waals surface area contributed by atoms with E-state index in [2.05, 4.69) is 16.0 Å². The number of hydrogen-bond acceptors (Lipinski definition) is 3. The summed E-state index contributed by atoms with van der Waals surface area (Å²) in [4.78, 5) is 13.1. The Hall–Kier alpha value is -2.28. The van der Waals surface area contributed by atoms with Crippen LogP contribution in [0, 0.1) is 0 Å². The second-order valence-electron chi connectivity index (χ2n) is 5.89. The molecular weight excluding hydrogens is 405 g/mol. The number of nitrogens with one attached hydrogen (secondary N) is 3. The molecule has 3 N–H and O–H groups in total. The quantitative estimate of drug-likeness (QED) is 0.637. The monoisotopic (exact) mass is 421 g/mol. The summed E-state index contributed by atoms with van der Waals surface area (Å²) < 4.78 is 5.20. The molecule has 5 nitrogen and oxygen atoms in total. The number of anilines is 1. The highest BCUT2D eigenvalue weighted by Crippen LogP contribution is 2.36. The van der Waals surface area contributed by atoms with Crippen molar-refractivity contribution in [1.29, 1.82) is 0 Å². The maximum Gasteiger partial charge on any atom is 0.255 e. The van der Waals surface area contributed by atoms with Gasteiger partial charge in [-0.3, -0.25) is 4.79 Å². The first-order chi connectivity index (χ1) is 12.9. The first kappa shape index (κ1) is 19.5. The zero-order valence-corrected chi connectivity index (χ0v) is 16.9. The van der Waals surface area contributed by atoms with Crippen LogP contribution < -0.4 is 20.7 Å². The van der Waals surface area contributed by atoms with Crippen molar-refractivity contribution in [1.82, 2.24) is 10.6 Å². The maximum absolute atomic E-state index is 13.1. The molecule has 8 heteroatoms. The molecule has 0 bridgehead atoms. The molecule has 1 amide bonds. The number of methoxy groups -OCH3 is 1. The van der Waals surface area contributed by atoms with E-state index in [0.717, 1.165) is 0 Å². The van der Waals surface area contributed by atoms with E-state index in [1.54, 1.807) is 56.5 Å². The average molecular weight is 422 g/mol. The van der Waals surface area contributed by atoms with E-state index in [9.17, 15) is 4.79 Å². The lowest BCUT2D eigenvalue weighted by Gasteiger charge is -2.31. The number of thiocarbonyl (C=S) groups is 1. The molecule has 140 valence electrons. The molecule has 2 aromatic carbocycles. The van der Waals surface area contributed by atoms with Crippen LogP contribution in [0.2, 0.25) is 10.0 Å². The van der Waals surface area contributed by atoms with Gasteiger partial charge in [0.1, 0.15) is 5.75 Å². The van der Waals surface area contributed by atoms with Gasteiger partial charge in [-0.1, -0.05) is 35.3 Å². The van der Waals surface area contributed by atoms with Gasteiger partial charge in [0.05, 0.1) is 18.7 Å². The first-order valence-corrected chi connectivity index (χ1v) is 9.24. The van der Waals surface area contributed by atoms with E-state index in [1.165, 1.54) is 0 Å². The summed E-state index contributed by atoms with van der Waals surface area (Å²) in [5.41, 5.74) is 2.28. The molecule has 0 radical (unpaired) electrons. The number of carbonyl (C=O) groups is 1. The molecule has 0 saturated carbocycles. The van der Waals surface area contributed by atoms with Gasteiger partial charge in [-0.05, 0) is 43.4 Å². The second-order valence-corrected chi connectivity index (χ2v) is 7.11. The molecule has 1 unspecified atom stereocenters. The molecule has 1 aliphatic rings. The zero-order chi connectivity index (χ0) is 19.6. The van der Waals surface area contributed by atoms with Crippen molar-refractivity contribution in [3.63, 3.8) is 0 Å². The second kappa shape index (κ2) is 8.17. The van der Waals surface area contributed by atoms with Crippen LogP contribution in [0.25, 0.3) is 0 Å². The summed E-state index contributed by atoms with van der Waals surface area (Å²) >= 11 is 18.0. The van der Waals surface area contributed by atoms with Crippen LogP contribution in [0.1, 0.15) is 18.5 Å². The largest absolute Gasteiger partial charge is 0.497 e. The normalized spacial score (nSPS) is 16.4. The third-order valence-corrected chi connectivity index (χ3v) is 5.01. The van der Waals surface area contributed by atoms with Gasteiger partial charge in [-0.15, -0.1) is 0 Å². The van der Waals surface area contributed by atoms with Crippen molar-refractivity contribution in [2.45, 2.75) is 13.0 Å². The summed E-state index contributed by atoms with van der Waals surface area (Å²) in [7, 11) is 1.57. The highest BCUT2D eigenvalue weighted by molar-refractivity contribution is 7.80. The fourth-order valence-corrected chi connectivity index (χ4v) is 3.78. The van der Waals surface area contributed by atoms with E-state index >= 15 is 0 Å². The van der Waals surface area contributed by atoms with Gasteiger partial charge in [0.25, 0.3) is 5.91 Å². The Kier molecular flexibility index (Phi) is 5.89. The Morgan fingerprint density at radius 1 is 1.19 bits per heavy atom. The number of hydrogen-bond donors (Lipinski definition) is 3. The fraction of sp³-hybridized carbons (Fsp3) is 0.158. The maximum atomic E-state index is 13.1. The van der Waals surface area contributed by atoms with Gasteiger partial charge >= 0.3 is 0 Å². The van der Waals surface area contributed by atoms with Gasteiger partial charge < -0.3 is 20.7 Å². The highest BCUT2D eigenvalue weighted by atomic mass is 35.5. The molecule has 27 heavy (non-hydrogen) atoms. The molecule has 0 saturated heterocycles. The van der Waals surface area contributed by atoms with Crippen molar-refractivity contribution in [3.8, 4) is 5.75 Å². The highest BCUT2D eigenvalue weighted by Gasteiger charge is 2.32. The molecule has 1 heterocycles. The molecule has 0 spiro atoms. The summed E-state index contributed by atoms with van der Waals surface area (Å²) in [6.45, 7) is 1.78. The van der Waals surface area contributed by atoms with E-state index in [4.69, 9.17) is 40.2 Å². The third-order valence-electron chi connectivity index (χ3n) is 4.13. The Morgan fingerprint density at radius 3 is 2.52 bits per heavy atom. The van der Waals surface area contributed by atoms with Crippen LogP contribution in [-0.4, -0.2) is 18.1 Å². The molecule has 0 aliphatic carbocycles. The van der Waals surface area contributed by atoms with Crippen LogP contribution >= 0.6 is 35.4 Å². The number of rotatable bonds is 4. The Labute approximate surface area is 172 Å². The Bertz CT molecular complexity index is 926. The lowest BCUT2D eigenvalue weighted by atomic mass is 9.94. The number of benzene rings is 2. The molecule has 2 aromatic rings. The predicted molar refractivity (Wildman–Crippen MR) is 112 cm³/mol. The molecule has 1 aliphatic heterocycles. The first-order valence-electron chi connectivity index (χ1n) is 8.08. The summed E-state index contributed by atoms with van der Waals surface area (Å²) in [6, 6.07) is 11.7. The molecule has 0 aromatic heterocycles. The molecule has 3 rings (SSSR count). The minimum Gasteiger partial charge on any atom is -0.497 e. The molecule has 1 atom stereocenters. The summed E-state index contributed by atoms with van der Waals surface area (Å²) in [6.07, 6.45) is 0. The minimum atomic E-state index is -0.578. The van der Waals surface area contributed by atoms with Gasteiger partial charge in [0, 0.05) is 33.1 Å². The van der Waals surface area contributed by atoms with Gasteiger partial charge in [-0.2, -0.15) is 0 Å². The standard InChI is InChI=1S/C19H17Cl2N3O2S/c1-10-15(18(25)23-11-5-3-6-12(9-11)26-2)17(24-19(27)22-10)16-13(20)7-4-8-14(16)21/h3-9,17H,1-2H3,(H,23,25)(H2,22,24,27). The van der Waals surface area contributed by atoms with Crippen LogP contribution in [-0.2, 0) is 4.79 Å². The van der Waals surface area contributed by atoms with Crippen molar-refractivity contribution < 1.29 is 9.53 Å². The average Bonchev–Trinajstić information content (AvgIpc) is 2.61. The number of halogens is 2. The topological polar surface area (TPSA) is 62.4 Å². The SMILES string of the molecule is COc1cccc(NC(=O)C2=C(C)NC(=S)NC2c2c(Cl)cccc2Cl)c1.